The molecule has 0 aromatic carbocycles. The molecule has 2 bridgehead atoms. The number of rotatable bonds is 5. The van der Waals surface area contributed by atoms with Gasteiger partial charge in [0.25, 0.3) is 5.60 Å². The number of halogens is 12. The molecule has 15 heteroatoms. The second-order valence-corrected chi connectivity index (χ2v) is 9.29. The lowest BCUT2D eigenvalue weighted by Gasteiger charge is -2.46. The molecule has 0 saturated heterocycles. The molecule has 0 amide bonds. The minimum absolute atomic E-state index is 0.227. The summed E-state index contributed by atoms with van der Waals surface area (Å²) in [6, 6.07) is 0. The van der Waals surface area contributed by atoms with Crippen LogP contribution in [0.3, 0.4) is 0 Å². The van der Waals surface area contributed by atoms with Crippen LogP contribution in [0.4, 0.5) is 52.7 Å². The quantitative estimate of drug-likeness (QED) is 0.343. The third-order valence-corrected chi connectivity index (χ3v) is 7.60. The van der Waals surface area contributed by atoms with Crippen LogP contribution in [0, 0.1) is 35.5 Å². The number of ether oxygens (including phenoxy) is 1. The zero-order valence-corrected chi connectivity index (χ0v) is 17.9. The van der Waals surface area contributed by atoms with E-state index in [-0.39, 0.29) is 13.3 Å². The van der Waals surface area contributed by atoms with Gasteiger partial charge in [0, 0.05) is 13.3 Å². The van der Waals surface area contributed by atoms with Gasteiger partial charge >= 0.3 is 36.3 Å². The van der Waals surface area contributed by atoms with Crippen LogP contribution in [-0.2, 0) is 9.53 Å². The van der Waals surface area contributed by atoms with Crippen molar-refractivity contribution in [2.24, 2.45) is 35.5 Å². The van der Waals surface area contributed by atoms with Gasteiger partial charge < -0.3 is 9.84 Å². The van der Waals surface area contributed by atoms with E-state index in [1.807, 2.05) is 0 Å². The summed E-state index contributed by atoms with van der Waals surface area (Å²) < 4.78 is 166. The summed E-state index contributed by atoms with van der Waals surface area (Å²) in [7, 11) is 0. The molecule has 34 heavy (non-hydrogen) atoms. The van der Waals surface area contributed by atoms with Crippen molar-refractivity contribution in [2.75, 3.05) is 0 Å². The van der Waals surface area contributed by atoms with Crippen molar-refractivity contribution in [2.45, 2.75) is 75.9 Å². The van der Waals surface area contributed by atoms with Gasteiger partial charge in [-0.2, -0.15) is 52.7 Å². The Morgan fingerprint density at radius 2 is 1.09 bits per heavy atom. The van der Waals surface area contributed by atoms with Gasteiger partial charge in [-0.3, -0.25) is 4.79 Å². The molecule has 2 saturated carbocycles. The van der Waals surface area contributed by atoms with Crippen LogP contribution in [0.25, 0.3) is 0 Å². The van der Waals surface area contributed by atoms with Gasteiger partial charge in [-0.25, -0.2) is 0 Å². The fraction of sp³-hybridized carbons (Fsp3) is 0.947. The van der Waals surface area contributed by atoms with Crippen LogP contribution < -0.4 is 0 Å². The van der Waals surface area contributed by atoms with E-state index in [0.29, 0.717) is 0 Å². The van der Waals surface area contributed by atoms with E-state index in [1.165, 1.54) is 13.8 Å². The van der Waals surface area contributed by atoms with E-state index >= 15 is 0 Å². The Kier molecular flexibility index (Phi) is 7.06. The van der Waals surface area contributed by atoms with Gasteiger partial charge in [0.05, 0.1) is 0 Å². The van der Waals surface area contributed by atoms with Crippen molar-refractivity contribution in [3.63, 3.8) is 0 Å². The fourth-order valence-corrected chi connectivity index (χ4v) is 5.75. The number of aliphatic hydroxyl groups is 1. The van der Waals surface area contributed by atoms with Crippen molar-refractivity contribution >= 4 is 5.97 Å². The first kappa shape index (κ1) is 28.8. The summed E-state index contributed by atoms with van der Waals surface area (Å²) in [6.45, 7) is 3.11. The normalized spacial score (nSPS) is 31.2. The summed E-state index contributed by atoms with van der Waals surface area (Å²) in [6.07, 6.45) is -29.7. The van der Waals surface area contributed by atoms with Crippen LogP contribution in [0.1, 0.15) is 40.0 Å². The molecule has 0 aromatic heterocycles. The van der Waals surface area contributed by atoms with Crippen molar-refractivity contribution in [1.29, 1.82) is 0 Å². The predicted molar refractivity (Wildman–Crippen MR) is 89.8 cm³/mol. The minimum atomic E-state index is -6.30. The molecule has 2 aliphatic carbocycles. The highest BCUT2D eigenvalue weighted by atomic mass is 19.4. The van der Waals surface area contributed by atoms with Crippen LogP contribution in [0.2, 0.25) is 0 Å². The molecule has 2 fully saturated rings. The summed E-state index contributed by atoms with van der Waals surface area (Å²) in [5.41, 5.74) is -10.5. The van der Waals surface area contributed by atoms with E-state index < -0.39 is 90.2 Å². The lowest BCUT2D eigenvalue weighted by Crippen LogP contribution is -2.62. The maximum absolute atomic E-state index is 13.7. The van der Waals surface area contributed by atoms with Crippen molar-refractivity contribution in [1.82, 2.24) is 0 Å². The molecule has 200 valence electrons. The lowest BCUT2D eigenvalue weighted by atomic mass is 9.63. The molecule has 3 nitrogen and oxygen atoms in total. The molecule has 2 aliphatic rings. The topological polar surface area (TPSA) is 46.5 Å². The lowest BCUT2D eigenvalue weighted by molar-refractivity contribution is -0.381. The number of alkyl halides is 12. The smallest absolute Gasteiger partial charge is 0.437 e. The largest absolute Gasteiger partial charge is 0.440 e. The SMILES string of the molecule is CC(=O)OC(CC1C2CC(C(C)C2C)C1CC(O)(C(F)(F)F)C(F)(F)F)(C(F)(F)F)C(F)(F)F. The third kappa shape index (κ3) is 4.45. The van der Waals surface area contributed by atoms with Crippen molar-refractivity contribution in [3.05, 3.63) is 0 Å². The van der Waals surface area contributed by atoms with Gasteiger partial charge in [0.1, 0.15) is 0 Å². The molecule has 0 spiro atoms. The highest BCUT2D eigenvalue weighted by molar-refractivity contribution is 5.66. The van der Waals surface area contributed by atoms with Gasteiger partial charge in [-0.1, -0.05) is 13.8 Å². The first-order valence-corrected chi connectivity index (χ1v) is 10.1. The number of fused-ring (bicyclic) bond motifs is 2. The Hall–Kier alpha value is -1.41. The van der Waals surface area contributed by atoms with Gasteiger partial charge in [-0.15, -0.1) is 0 Å². The second kappa shape index (κ2) is 8.32. The van der Waals surface area contributed by atoms with E-state index in [9.17, 15) is 62.6 Å². The first-order chi connectivity index (χ1) is 14.9. The maximum Gasteiger partial charge on any atom is 0.437 e. The summed E-state index contributed by atoms with van der Waals surface area (Å²) in [5.74, 6) is -9.49. The molecule has 1 N–H and O–H groups in total. The van der Waals surface area contributed by atoms with Crippen LogP contribution in [-0.4, -0.2) is 47.0 Å². The Morgan fingerprint density at radius 1 is 0.735 bits per heavy atom. The van der Waals surface area contributed by atoms with Gasteiger partial charge in [0.15, 0.2) is 0 Å². The van der Waals surface area contributed by atoms with Crippen LogP contribution >= 0.6 is 0 Å². The summed E-state index contributed by atoms with van der Waals surface area (Å²) >= 11 is 0. The zero-order valence-electron chi connectivity index (χ0n) is 17.9. The number of carbonyl (C=O) groups is 1. The zero-order chi connectivity index (χ0) is 26.9. The molecule has 0 heterocycles. The summed E-state index contributed by atoms with van der Waals surface area (Å²) in [4.78, 5) is 11.2. The van der Waals surface area contributed by atoms with E-state index in [4.69, 9.17) is 0 Å². The Bertz CT molecular complexity index is 738. The first-order valence-electron chi connectivity index (χ1n) is 10.1. The van der Waals surface area contributed by atoms with Crippen LogP contribution in [0.5, 0.6) is 0 Å². The third-order valence-electron chi connectivity index (χ3n) is 7.60. The average Bonchev–Trinajstić information content (AvgIpc) is 3.06. The molecule has 0 aliphatic heterocycles. The minimum Gasteiger partial charge on any atom is -0.440 e. The Labute approximate surface area is 185 Å². The van der Waals surface area contributed by atoms with E-state index in [0.717, 1.165) is 0 Å². The Balaban J connectivity index is 2.63. The van der Waals surface area contributed by atoms with Gasteiger partial charge in [-0.05, 0) is 48.3 Å². The summed E-state index contributed by atoms with van der Waals surface area (Å²) in [5, 5.41) is 9.63. The average molecular weight is 526 g/mol. The molecule has 6 unspecified atom stereocenters. The van der Waals surface area contributed by atoms with Crippen molar-refractivity contribution < 1.29 is 67.3 Å². The van der Waals surface area contributed by atoms with Gasteiger partial charge in [0.2, 0.25) is 0 Å². The predicted octanol–water partition coefficient (Wildman–Crippen LogP) is 6.20. The number of esters is 1. The molecule has 0 radical (unpaired) electrons. The number of hydrogen-bond donors (Lipinski definition) is 1. The highest BCUT2D eigenvalue weighted by Gasteiger charge is 2.77. The number of carbonyl (C=O) groups excluding carboxylic acids is 1. The monoisotopic (exact) mass is 526 g/mol. The molecule has 2 rings (SSSR count). The maximum atomic E-state index is 13.7. The second-order valence-electron chi connectivity index (χ2n) is 9.29. The molecule has 6 atom stereocenters. The van der Waals surface area contributed by atoms with E-state index in [2.05, 4.69) is 4.74 Å². The van der Waals surface area contributed by atoms with Crippen LogP contribution in [0.15, 0.2) is 0 Å². The fourth-order valence-electron chi connectivity index (χ4n) is 5.75. The molecular weight excluding hydrogens is 504 g/mol. The number of hydrogen-bond acceptors (Lipinski definition) is 3. The Morgan fingerprint density at radius 3 is 1.38 bits per heavy atom. The standard InChI is InChI=1S/C19H22F12O3/c1-7-8(2)11-4-10(7)12(5-14(33,16(20,21)22)17(23,24)25)13(11)6-15(18(26,27)28,19(29,30)31)34-9(3)32/h7-8,10-13,33H,4-6H2,1-3H3. The van der Waals surface area contributed by atoms with Crippen molar-refractivity contribution in [3.8, 4) is 0 Å². The molecular formula is C19H22F12O3. The van der Waals surface area contributed by atoms with E-state index in [1.54, 1.807) is 0 Å². The molecule has 0 aromatic rings. The highest BCUT2D eigenvalue weighted by Crippen LogP contribution is 2.65.